The van der Waals surface area contributed by atoms with Crippen molar-refractivity contribution in [3.8, 4) is 0 Å². The monoisotopic (exact) mass is 289 g/mol. The Labute approximate surface area is 122 Å². The van der Waals surface area contributed by atoms with Gasteiger partial charge in [0.25, 0.3) is 0 Å². The summed E-state index contributed by atoms with van der Waals surface area (Å²) in [7, 11) is 1.98. The second-order valence-corrected chi connectivity index (χ2v) is 5.28. The number of hydrogen-bond acceptors (Lipinski definition) is 4. The largest absolute Gasteiger partial charge is 0.389 e. The average molecular weight is 289 g/mol. The van der Waals surface area contributed by atoms with Gasteiger partial charge in [0.1, 0.15) is 4.99 Å². The Bertz CT molecular complexity index is 584. The first-order valence-corrected chi connectivity index (χ1v) is 7.39. The van der Waals surface area contributed by atoms with E-state index in [1.165, 1.54) is 0 Å². The second kappa shape index (κ2) is 6.04. The highest BCUT2D eigenvalue weighted by Crippen LogP contribution is 2.32. The van der Waals surface area contributed by atoms with E-state index >= 15 is 0 Å². The summed E-state index contributed by atoms with van der Waals surface area (Å²) in [6.45, 7) is 0. The van der Waals surface area contributed by atoms with Crippen molar-refractivity contribution in [2.45, 2.75) is 4.90 Å². The van der Waals surface area contributed by atoms with Crippen LogP contribution in [0.4, 0.5) is 11.4 Å². The molecule has 0 spiro atoms. The number of thioether (sulfide) groups is 1. The lowest BCUT2D eigenvalue weighted by atomic mass is 10.1. The van der Waals surface area contributed by atoms with Crippen molar-refractivity contribution in [2.75, 3.05) is 18.2 Å². The molecule has 2 N–H and O–H groups in total. The number of rotatable bonds is 4. The first kappa shape index (κ1) is 13.8. The van der Waals surface area contributed by atoms with Gasteiger partial charge in [0.15, 0.2) is 0 Å². The van der Waals surface area contributed by atoms with Crippen LogP contribution in [0.25, 0.3) is 0 Å². The number of pyridine rings is 1. The fourth-order valence-electron chi connectivity index (χ4n) is 1.91. The van der Waals surface area contributed by atoms with E-state index in [0.29, 0.717) is 4.99 Å². The highest BCUT2D eigenvalue weighted by Gasteiger charge is 2.14. The molecule has 1 aromatic heterocycles. The molecule has 1 heterocycles. The Hall–Kier alpha value is -1.59. The highest BCUT2D eigenvalue weighted by molar-refractivity contribution is 7.98. The molecule has 0 fully saturated rings. The maximum absolute atomic E-state index is 5.88. The Kier molecular flexibility index (Phi) is 4.39. The van der Waals surface area contributed by atoms with E-state index in [2.05, 4.69) is 4.98 Å². The fraction of sp³-hybridized carbons (Fsp3) is 0.143. The molecule has 0 unspecified atom stereocenters. The van der Waals surface area contributed by atoms with Crippen molar-refractivity contribution in [3.63, 3.8) is 0 Å². The highest BCUT2D eigenvalue weighted by atomic mass is 32.2. The zero-order valence-corrected chi connectivity index (χ0v) is 12.5. The quantitative estimate of drug-likeness (QED) is 0.691. The van der Waals surface area contributed by atoms with Gasteiger partial charge in [-0.25, -0.2) is 0 Å². The molecule has 2 rings (SSSR count). The molecular weight excluding hydrogens is 274 g/mol. The van der Waals surface area contributed by atoms with Gasteiger partial charge in [-0.05, 0) is 30.5 Å². The summed E-state index contributed by atoms with van der Waals surface area (Å²) in [4.78, 5) is 7.68. The molecule has 0 amide bonds. The van der Waals surface area contributed by atoms with Crippen LogP contribution in [0, 0.1) is 0 Å². The molecule has 98 valence electrons. The molecule has 1 aromatic carbocycles. The first-order chi connectivity index (χ1) is 9.15. The molecule has 0 radical (unpaired) electrons. The van der Waals surface area contributed by atoms with Crippen molar-refractivity contribution < 1.29 is 0 Å². The van der Waals surface area contributed by atoms with Gasteiger partial charge in [0.2, 0.25) is 0 Å². The van der Waals surface area contributed by atoms with Gasteiger partial charge in [0.05, 0.1) is 17.6 Å². The van der Waals surface area contributed by atoms with Crippen LogP contribution in [0.5, 0.6) is 0 Å². The minimum absolute atomic E-state index is 0.413. The van der Waals surface area contributed by atoms with Crippen LogP contribution in [-0.4, -0.2) is 23.3 Å². The lowest BCUT2D eigenvalue weighted by Crippen LogP contribution is -2.18. The maximum atomic E-state index is 5.88. The molecule has 0 aliphatic rings. The minimum Gasteiger partial charge on any atom is -0.389 e. The molecule has 0 aliphatic heterocycles. The number of aromatic nitrogens is 1. The number of thiocarbonyl (C=S) groups is 1. The van der Waals surface area contributed by atoms with E-state index in [1.54, 1.807) is 18.0 Å². The smallest absolute Gasteiger partial charge is 0.107 e. The molecule has 0 bridgehead atoms. The summed E-state index contributed by atoms with van der Waals surface area (Å²) in [6, 6.07) is 9.96. The van der Waals surface area contributed by atoms with Gasteiger partial charge in [-0.3, -0.25) is 4.98 Å². The summed E-state index contributed by atoms with van der Waals surface area (Å²) < 4.78 is 0. The van der Waals surface area contributed by atoms with Gasteiger partial charge in [-0.15, -0.1) is 11.8 Å². The Morgan fingerprint density at radius 1 is 1.32 bits per heavy atom. The molecular formula is C14H15N3S2. The molecule has 3 nitrogen and oxygen atoms in total. The van der Waals surface area contributed by atoms with Gasteiger partial charge >= 0.3 is 0 Å². The van der Waals surface area contributed by atoms with Crippen molar-refractivity contribution in [3.05, 3.63) is 48.3 Å². The van der Waals surface area contributed by atoms with E-state index in [0.717, 1.165) is 21.8 Å². The van der Waals surface area contributed by atoms with Gasteiger partial charge in [-0.1, -0.05) is 18.3 Å². The van der Waals surface area contributed by atoms with Gasteiger partial charge in [0, 0.05) is 23.7 Å². The predicted molar refractivity (Wildman–Crippen MR) is 86.4 cm³/mol. The van der Waals surface area contributed by atoms with Crippen LogP contribution in [0.3, 0.4) is 0 Å². The topological polar surface area (TPSA) is 42.2 Å². The third-order valence-electron chi connectivity index (χ3n) is 2.87. The van der Waals surface area contributed by atoms with Crippen LogP contribution in [0.2, 0.25) is 0 Å². The normalized spacial score (nSPS) is 10.2. The van der Waals surface area contributed by atoms with Gasteiger partial charge in [-0.2, -0.15) is 0 Å². The Morgan fingerprint density at radius 3 is 2.68 bits per heavy atom. The fourth-order valence-corrected chi connectivity index (χ4v) is 2.82. The van der Waals surface area contributed by atoms with E-state index in [4.69, 9.17) is 18.0 Å². The van der Waals surface area contributed by atoms with E-state index < -0.39 is 0 Å². The SMILES string of the molecule is CSc1cccc(N(C)c2cccnc2)c1C(N)=S. The van der Waals surface area contributed by atoms with Crippen LogP contribution in [0.15, 0.2) is 47.6 Å². The number of hydrogen-bond donors (Lipinski definition) is 1. The molecule has 0 aliphatic carbocycles. The van der Waals surface area contributed by atoms with Crippen molar-refractivity contribution in [1.82, 2.24) is 4.98 Å². The van der Waals surface area contributed by atoms with E-state index in [9.17, 15) is 0 Å². The summed E-state index contributed by atoms with van der Waals surface area (Å²) in [6.07, 6.45) is 5.59. The lowest BCUT2D eigenvalue weighted by Gasteiger charge is -2.23. The van der Waals surface area contributed by atoms with Crippen LogP contribution < -0.4 is 10.6 Å². The number of anilines is 2. The van der Waals surface area contributed by atoms with E-state index in [1.807, 2.05) is 54.7 Å². The summed E-state index contributed by atoms with van der Waals surface area (Å²) in [5.74, 6) is 0. The molecule has 5 heteroatoms. The third kappa shape index (κ3) is 2.88. The molecule has 2 aromatic rings. The third-order valence-corrected chi connectivity index (χ3v) is 3.85. The van der Waals surface area contributed by atoms with Crippen LogP contribution in [-0.2, 0) is 0 Å². The maximum Gasteiger partial charge on any atom is 0.107 e. The molecule has 0 atom stereocenters. The second-order valence-electron chi connectivity index (χ2n) is 3.99. The van der Waals surface area contributed by atoms with E-state index in [-0.39, 0.29) is 0 Å². The zero-order valence-electron chi connectivity index (χ0n) is 10.8. The Balaban J connectivity index is 2.53. The average Bonchev–Trinajstić information content (AvgIpc) is 2.46. The summed E-state index contributed by atoms with van der Waals surface area (Å²) in [5.41, 5.74) is 8.79. The van der Waals surface area contributed by atoms with Crippen molar-refractivity contribution in [2.24, 2.45) is 5.73 Å². The molecule has 0 saturated heterocycles. The minimum atomic E-state index is 0.413. The summed E-state index contributed by atoms with van der Waals surface area (Å²) in [5, 5.41) is 0. The van der Waals surface area contributed by atoms with Crippen molar-refractivity contribution >= 4 is 40.3 Å². The predicted octanol–water partition coefficient (Wildman–Crippen LogP) is 3.21. The number of nitrogens with zero attached hydrogens (tertiary/aromatic N) is 2. The van der Waals surface area contributed by atoms with Gasteiger partial charge < -0.3 is 10.6 Å². The van der Waals surface area contributed by atoms with Crippen LogP contribution in [0.1, 0.15) is 5.56 Å². The van der Waals surface area contributed by atoms with Crippen molar-refractivity contribution in [1.29, 1.82) is 0 Å². The van der Waals surface area contributed by atoms with Crippen LogP contribution >= 0.6 is 24.0 Å². The molecule has 0 saturated carbocycles. The standard InChI is InChI=1S/C14H15N3S2/c1-17(10-5-4-8-16-9-10)11-6-3-7-12(19-2)13(11)14(15)18/h3-9H,1-2H3,(H2,15,18). The summed E-state index contributed by atoms with van der Waals surface area (Å²) >= 11 is 6.84. The zero-order chi connectivity index (χ0) is 13.8. The first-order valence-electron chi connectivity index (χ1n) is 5.75. The lowest BCUT2D eigenvalue weighted by molar-refractivity contribution is 1.16. The number of benzene rings is 1. The number of nitrogens with two attached hydrogens (primary N) is 1. The Morgan fingerprint density at radius 2 is 2.11 bits per heavy atom. The molecule has 19 heavy (non-hydrogen) atoms.